The third kappa shape index (κ3) is 2.61. The molecule has 2 rings (SSSR count). The van der Waals surface area contributed by atoms with Crippen LogP contribution in [-0.4, -0.2) is 11.1 Å². The predicted molar refractivity (Wildman–Crippen MR) is 60.0 cm³/mol. The Morgan fingerprint density at radius 3 is 2.80 bits per heavy atom. The van der Waals surface area contributed by atoms with E-state index in [1.54, 1.807) is 12.1 Å². The van der Waals surface area contributed by atoms with Crippen molar-refractivity contribution in [1.29, 1.82) is 0 Å². The highest BCUT2D eigenvalue weighted by molar-refractivity contribution is 6.31. The van der Waals surface area contributed by atoms with E-state index >= 15 is 0 Å². The Bertz CT molecular complexity index is 337. The molecule has 0 spiro atoms. The molecule has 4 heteroatoms. The third-order valence-electron chi connectivity index (χ3n) is 2.68. The van der Waals surface area contributed by atoms with E-state index in [1.165, 1.54) is 12.8 Å². The van der Waals surface area contributed by atoms with Gasteiger partial charge in [0, 0.05) is 12.6 Å². The molecule has 0 atom stereocenters. The summed E-state index contributed by atoms with van der Waals surface area (Å²) < 4.78 is 5.75. The Labute approximate surface area is 94.6 Å². The molecule has 1 aromatic heterocycles. The fourth-order valence-electron chi connectivity index (χ4n) is 1.85. The summed E-state index contributed by atoms with van der Waals surface area (Å²) in [7, 11) is 0. The van der Waals surface area contributed by atoms with Crippen LogP contribution >= 0.6 is 11.6 Å². The third-order valence-corrected chi connectivity index (χ3v) is 3.02. The first kappa shape index (κ1) is 10.7. The second-order valence-electron chi connectivity index (χ2n) is 3.81. The molecule has 1 saturated carbocycles. The summed E-state index contributed by atoms with van der Waals surface area (Å²) in [6.45, 7) is 0.348. The number of nitrogens with zero attached hydrogens (tertiary/aromatic N) is 1. The van der Waals surface area contributed by atoms with Gasteiger partial charge < -0.3 is 10.5 Å². The van der Waals surface area contributed by atoms with Gasteiger partial charge in [-0.3, -0.25) is 0 Å². The number of aromatic nitrogens is 1. The summed E-state index contributed by atoms with van der Waals surface area (Å²) in [5, 5.41) is 0.608. The lowest BCUT2D eigenvalue weighted by molar-refractivity contribution is 0.201. The highest BCUT2D eigenvalue weighted by Gasteiger charge is 2.17. The number of ether oxygens (including phenoxy) is 1. The molecular weight excluding hydrogens is 212 g/mol. The lowest BCUT2D eigenvalue weighted by Crippen LogP contribution is -2.12. The number of rotatable bonds is 3. The fourth-order valence-corrected chi connectivity index (χ4v) is 2.03. The topological polar surface area (TPSA) is 48.1 Å². The van der Waals surface area contributed by atoms with E-state index < -0.39 is 0 Å². The lowest BCUT2D eigenvalue weighted by atomic mass is 10.3. The van der Waals surface area contributed by atoms with Crippen LogP contribution in [0, 0.1) is 0 Å². The van der Waals surface area contributed by atoms with Gasteiger partial charge in [-0.1, -0.05) is 11.6 Å². The first-order chi connectivity index (χ1) is 7.29. The molecule has 3 nitrogen and oxygen atoms in total. The highest BCUT2D eigenvalue weighted by Crippen LogP contribution is 2.24. The molecule has 1 fully saturated rings. The van der Waals surface area contributed by atoms with Crippen molar-refractivity contribution < 1.29 is 4.74 Å². The van der Waals surface area contributed by atoms with Gasteiger partial charge >= 0.3 is 0 Å². The van der Waals surface area contributed by atoms with Gasteiger partial charge in [0.2, 0.25) is 5.88 Å². The molecular formula is C11H15ClN2O. The number of halogens is 1. The average Bonchev–Trinajstić information content (AvgIpc) is 2.73. The summed E-state index contributed by atoms with van der Waals surface area (Å²) in [6.07, 6.45) is 5.08. The van der Waals surface area contributed by atoms with Crippen molar-refractivity contribution in [2.75, 3.05) is 0 Å². The second-order valence-corrected chi connectivity index (χ2v) is 4.21. The van der Waals surface area contributed by atoms with Crippen molar-refractivity contribution in [3.05, 3.63) is 22.8 Å². The van der Waals surface area contributed by atoms with Crippen molar-refractivity contribution in [1.82, 2.24) is 4.98 Å². The smallest absolute Gasteiger partial charge is 0.213 e. The maximum absolute atomic E-state index is 5.91. The van der Waals surface area contributed by atoms with Gasteiger partial charge in [0.15, 0.2) is 0 Å². The minimum atomic E-state index is 0.323. The van der Waals surface area contributed by atoms with E-state index in [9.17, 15) is 0 Å². The molecule has 0 unspecified atom stereocenters. The van der Waals surface area contributed by atoms with Gasteiger partial charge in [0.1, 0.15) is 6.10 Å². The minimum Gasteiger partial charge on any atom is -0.474 e. The van der Waals surface area contributed by atoms with Crippen LogP contribution in [0.3, 0.4) is 0 Å². The molecule has 82 valence electrons. The van der Waals surface area contributed by atoms with Crippen molar-refractivity contribution in [2.24, 2.45) is 5.73 Å². The Morgan fingerprint density at radius 1 is 1.40 bits per heavy atom. The monoisotopic (exact) mass is 226 g/mol. The van der Waals surface area contributed by atoms with Crippen LogP contribution < -0.4 is 10.5 Å². The Balaban J connectivity index is 2.07. The van der Waals surface area contributed by atoms with E-state index in [0.717, 1.165) is 12.8 Å². The Hall–Kier alpha value is -0.800. The zero-order valence-corrected chi connectivity index (χ0v) is 9.33. The summed E-state index contributed by atoms with van der Waals surface area (Å²) in [5.74, 6) is 0.645. The molecule has 0 aliphatic heterocycles. The van der Waals surface area contributed by atoms with Gasteiger partial charge in [-0.25, -0.2) is 4.98 Å². The number of pyridine rings is 1. The molecule has 1 aliphatic rings. The van der Waals surface area contributed by atoms with Gasteiger partial charge in [0.25, 0.3) is 0 Å². The Morgan fingerprint density at radius 2 is 2.13 bits per heavy atom. The quantitative estimate of drug-likeness (QED) is 0.862. The zero-order valence-electron chi connectivity index (χ0n) is 8.58. The van der Waals surface area contributed by atoms with Gasteiger partial charge in [0.05, 0.1) is 10.7 Å². The van der Waals surface area contributed by atoms with Crippen LogP contribution in [0.5, 0.6) is 5.88 Å². The summed E-state index contributed by atoms with van der Waals surface area (Å²) in [5.41, 5.74) is 6.23. The molecule has 15 heavy (non-hydrogen) atoms. The molecule has 1 aliphatic carbocycles. The predicted octanol–water partition coefficient (Wildman–Crippen LogP) is 2.52. The summed E-state index contributed by atoms with van der Waals surface area (Å²) in [6, 6.07) is 3.60. The summed E-state index contributed by atoms with van der Waals surface area (Å²) in [4.78, 5) is 4.28. The first-order valence-corrected chi connectivity index (χ1v) is 5.69. The maximum Gasteiger partial charge on any atom is 0.213 e. The van der Waals surface area contributed by atoms with Crippen LogP contribution in [0.2, 0.25) is 5.02 Å². The van der Waals surface area contributed by atoms with Gasteiger partial charge in [-0.05, 0) is 31.7 Å². The number of hydrogen-bond acceptors (Lipinski definition) is 3. The fraction of sp³-hybridized carbons (Fsp3) is 0.545. The van der Waals surface area contributed by atoms with Crippen LogP contribution in [-0.2, 0) is 6.54 Å². The zero-order chi connectivity index (χ0) is 10.7. The highest BCUT2D eigenvalue weighted by atomic mass is 35.5. The average molecular weight is 227 g/mol. The minimum absolute atomic E-state index is 0.323. The van der Waals surface area contributed by atoms with Crippen molar-refractivity contribution in [2.45, 2.75) is 38.3 Å². The maximum atomic E-state index is 5.91. The molecule has 1 heterocycles. The molecule has 0 bridgehead atoms. The summed E-state index contributed by atoms with van der Waals surface area (Å²) >= 11 is 5.91. The molecule has 1 aromatic rings. The van der Waals surface area contributed by atoms with E-state index in [1.807, 2.05) is 0 Å². The van der Waals surface area contributed by atoms with Crippen LogP contribution in [0.1, 0.15) is 31.4 Å². The van der Waals surface area contributed by atoms with Crippen molar-refractivity contribution in [3.8, 4) is 5.88 Å². The Kier molecular flexibility index (Phi) is 3.44. The lowest BCUT2D eigenvalue weighted by Gasteiger charge is -2.12. The van der Waals surface area contributed by atoms with Crippen LogP contribution in [0.15, 0.2) is 12.1 Å². The molecule has 0 amide bonds. The van der Waals surface area contributed by atoms with Crippen LogP contribution in [0.4, 0.5) is 0 Å². The van der Waals surface area contributed by atoms with E-state index in [-0.39, 0.29) is 0 Å². The molecule has 0 radical (unpaired) electrons. The molecule has 0 aromatic carbocycles. The SMILES string of the molecule is NCc1nc(OC2CCCC2)ccc1Cl. The van der Waals surface area contributed by atoms with Gasteiger partial charge in [-0.15, -0.1) is 0 Å². The number of hydrogen-bond donors (Lipinski definition) is 1. The largest absolute Gasteiger partial charge is 0.474 e. The van der Waals surface area contributed by atoms with Crippen molar-refractivity contribution in [3.63, 3.8) is 0 Å². The van der Waals surface area contributed by atoms with Crippen molar-refractivity contribution >= 4 is 11.6 Å². The van der Waals surface area contributed by atoms with E-state index in [0.29, 0.717) is 29.2 Å². The normalized spacial score (nSPS) is 16.9. The second kappa shape index (κ2) is 4.81. The molecule has 0 saturated heterocycles. The van der Waals surface area contributed by atoms with Crippen LogP contribution in [0.25, 0.3) is 0 Å². The number of nitrogens with two attached hydrogens (primary N) is 1. The van der Waals surface area contributed by atoms with E-state index in [4.69, 9.17) is 22.1 Å². The van der Waals surface area contributed by atoms with E-state index in [2.05, 4.69) is 4.98 Å². The first-order valence-electron chi connectivity index (χ1n) is 5.32. The standard InChI is InChI=1S/C11H15ClN2O/c12-9-5-6-11(14-10(9)7-13)15-8-3-1-2-4-8/h5-6,8H,1-4,7,13H2. The molecule has 2 N–H and O–H groups in total. The van der Waals surface area contributed by atoms with Gasteiger partial charge in [-0.2, -0.15) is 0 Å².